The lowest BCUT2D eigenvalue weighted by Gasteiger charge is -2.10. The van der Waals surface area contributed by atoms with Crippen molar-refractivity contribution >= 4 is 27.9 Å². The van der Waals surface area contributed by atoms with E-state index in [0.29, 0.717) is 12.2 Å². The summed E-state index contributed by atoms with van der Waals surface area (Å²) < 4.78 is 30.2. The van der Waals surface area contributed by atoms with Crippen molar-refractivity contribution in [2.24, 2.45) is 10.1 Å². The smallest absolute Gasteiger partial charge is 0.338 e. The average Bonchev–Trinajstić information content (AvgIpc) is 3.05. The summed E-state index contributed by atoms with van der Waals surface area (Å²) in [6.07, 6.45) is 3.59. The Labute approximate surface area is 188 Å². The fourth-order valence-electron chi connectivity index (χ4n) is 3.32. The van der Waals surface area contributed by atoms with Crippen LogP contribution in [-0.2, 0) is 14.8 Å². The normalized spacial score (nSPS) is 11.8. The predicted molar refractivity (Wildman–Crippen MR) is 126 cm³/mol. The molecule has 0 unspecified atom stereocenters. The average molecular weight is 454 g/mol. The van der Waals surface area contributed by atoms with Crippen LogP contribution in [0.4, 0.5) is 5.69 Å². The molecule has 0 atom stereocenters. The fraction of sp³-hybridized carbons (Fsp3) is 0.250. The lowest BCUT2D eigenvalue weighted by atomic mass is 10.2. The van der Waals surface area contributed by atoms with Gasteiger partial charge in [0.25, 0.3) is 0 Å². The molecule has 2 N–H and O–H groups in total. The summed E-state index contributed by atoms with van der Waals surface area (Å²) in [5.74, 6) is -0.328. The highest BCUT2D eigenvalue weighted by molar-refractivity contribution is 7.89. The minimum absolute atomic E-state index is 0.0724. The second-order valence-corrected chi connectivity index (χ2v) is 9.06. The number of rotatable bonds is 8. The quantitative estimate of drug-likeness (QED) is 0.309. The van der Waals surface area contributed by atoms with Crippen LogP contribution in [0.3, 0.4) is 0 Å². The number of carbonyl (C=O) groups is 1. The van der Waals surface area contributed by atoms with Gasteiger partial charge in [-0.2, -0.15) is 0 Å². The van der Waals surface area contributed by atoms with Crippen molar-refractivity contribution in [2.45, 2.75) is 38.5 Å². The van der Waals surface area contributed by atoms with E-state index in [0.717, 1.165) is 41.2 Å². The number of hydrogen-bond donors (Lipinski definition) is 1. The largest absolute Gasteiger partial charge is 0.462 e. The Morgan fingerprint density at radius 1 is 1.09 bits per heavy atom. The predicted octanol–water partition coefficient (Wildman–Crippen LogP) is 4.45. The molecule has 0 spiro atoms. The Hall–Kier alpha value is -3.23. The van der Waals surface area contributed by atoms with Gasteiger partial charge in [0.05, 0.1) is 22.8 Å². The first-order valence-corrected chi connectivity index (χ1v) is 11.9. The number of aryl methyl sites for hydroxylation is 1. The van der Waals surface area contributed by atoms with Gasteiger partial charge in [0.2, 0.25) is 10.0 Å². The number of esters is 1. The highest BCUT2D eigenvalue weighted by atomic mass is 32.2. The molecule has 0 aliphatic rings. The zero-order valence-electron chi connectivity index (χ0n) is 18.4. The molecule has 3 rings (SSSR count). The van der Waals surface area contributed by atoms with Crippen molar-refractivity contribution in [3.8, 4) is 5.69 Å². The molecule has 7 nitrogen and oxygen atoms in total. The van der Waals surface area contributed by atoms with Gasteiger partial charge in [-0.1, -0.05) is 13.3 Å². The molecule has 3 aromatic rings. The lowest BCUT2D eigenvalue weighted by molar-refractivity contribution is 0.0500. The van der Waals surface area contributed by atoms with Gasteiger partial charge < -0.3 is 9.30 Å². The summed E-state index contributed by atoms with van der Waals surface area (Å²) in [4.78, 5) is 16.6. The summed E-state index contributed by atoms with van der Waals surface area (Å²) in [6, 6.07) is 15.4. The maximum absolute atomic E-state index is 12.0. The van der Waals surface area contributed by atoms with Gasteiger partial charge in [0, 0.05) is 28.9 Å². The standard InChI is InChI=1S/C24H27N3O4S/c1-4-5-14-31-24(28)19-6-8-21(9-7-19)26-16-20-15-17(2)27(18(20)3)22-10-12-23(13-11-22)32(25,29)30/h6-13,15-16H,4-5,14H2,1-3H3,(H2,25,29,30). The SMILES string of the molecule is CCCCOC(=O)c1ccc(N=Cc2cc(C)n(-c3ccc(S(N)(=O)=O)cc3)c2C)cc1. The minimum atomic E-state index is -3.73. The molecule has 0 amide bonds. The zero-order chi connectivity index (χ0) is 23.3. The molecule has 32 heavy (non-hydrogen) atoms. The molecule has 0 saturated heterocycles. The number of unbranched alkanes of at least 4 members (excludes halogenated alkanes) is 1. The Morgan fingerprint density at radius 3 is 2.34 bits per heavy atom. The Bertz CT molecular complexity index is 1230. The number of aromatic nitrogens is 1. The van der Waals surface area contributed by atoms with E-state index in [-0.39, 0.29) is 10.9 Å². The second kappa shape index (κ2) is 9.93. The molecule has 0 radical (unpaired) electrons. The summed E-state index contributed by atoms with van der Waals surface area (Å²) in [6.45, 7) is 6.41. The first kappa shape index (κ1) is 23.4. The minimum Gasteiger partial charge on any atom is -0.462 e. The van der Waals surface area contributed by atoms with Crippen LogP contribution in [-0.4, -0.2) is 31.8 Å². The third kappa shape index (κ3) is 5.52. The maximum atomic E-state index is 12.0. The molecule has 0 bridgehead atoms. The number of carbonyl (C=O) groups excluding carboxylic acids is 1. The van der Waals surface area contributed by atoms with E-state index in [1.165, 1.54) is 12.1 Å². The van der Waals surface area contributed by atoms with E-state index in [1.807, 2.05) is 31.4 Å². The molecule has 0 fully saturated rings. The molecular formula is C24H27N3O4S. The Morgan fingerprint density at radius 2 is 1.75 bits per heavy atom. The van der Waals surface area contributed by atoms with Crippen molar-refractivity contribution in [3.63, 3.8) is 0 Å². The fourth-order valence-corrected chi connectivity index (χ4v) is 3.84. The van der Waals surface area contributed by atoms with Crippen LogP contribution < -0.4 is 5.14 Å². The number of ether oxygens (including phenoxy) is 1. The Balaban J connectivity index is 1.77. The van der Waals surface area contributed by atoms with Crippen molar-refractivity contribution in [1.82, 2.24) is 4.57 Å². The number of primary sulfonamides is 1. The van der Waals surface area contributed by atoms with Crippen LogP contribution in [0.1, 0.15) is 47.1 Å². The van der Waals surface area contributed by atoms with Crippen LogP contribution in [0.15, 0.2) is 64.5 Å². The van der Waals surface area contributed by atoms with Crippen LogP contribution >= 0.6 is 0 Å². The summed E-state index contributed by atoms with van der Waals surface area (Å²) in [5, 5.41) is 5.18. The lowest BCUT2D eigenvalue weighted by Crippen LogP contribution is -2.12. The number of benzene rings is 2. The van der Waals surface area contributed by atoms with E-state index in [4.69, 9.17) is 9.88 Å². The third-order valence-electron chi connectivity index (χ3n) is 5.08. The van der Waals surface area contributed by atoms with Crippen molar-refractivity contribution in [3.05, 3.63) is 77.1 Å². The van der Waals surface area contributed by atoms with Gasteiger partial charge in [0.15, 0.2) is 0 Å². The van der Waals surface area contributed by atoms with Gasteiger partial charge in [-0.25, -0.2) is 18.4 Å². The summed E-state index contributed by atoms with van der Waals surface area (Å²) in [5.41, 5.74) is 4.93. The van der Waals surface area contributed by atoms with E-state index in [9.17, 15) is 13.2 Å². The monoisotopic (exact) mass is 453 g/mol. The summed E-state index contributed by atoms with van der Waals surface area (Å²) >= 11 is 0. The van der Waals surface area contributed by atoms with E-state index in [2.05, 4.69) is 4.99 Å². The van der Waals surface area contributed by atoms with Gasteiger partial charge in [0.1, 0.15) is 0 Å². The van der Waals surface area contributed by atoms with Crippen LogP contribution in [0.25, 0.3) is 5.69 Å². The van der Waals surface area contributed by atoms with Crippen LogP contribution in [0, 0.1) is 13.8 Å². The zero-order valence-corrected chi connectivity index (χ0v) is 19.2. The highest BCUT2D eigenvalue weighted by Gasteiger charge is 2.12. The first-order chi connectivity index (χ1) is 15.2. The third-order valence-corrected chi connectivity index (χ3v) is 6.01. The molecule has 0 saturated carbocycles. The van der Waals surface area contributed by atoms with Gasteiger partial charge in [-0.15, -0.1) is 0 Å². The molecular weight excluding hydrogens is 426 g/mol. The number of hydrogen-bond acceptors (Lipinski definition) is 5. The topological polar surface area (TPSA) is 104 Å². The highest BCUT2D eigenvalue weighted by Crippen LogP contribution is 2.22. The van der Waals surface area contributed by atoms with E-state index in [1.54, 1.807) is 42.6 Å². The van der Waals surface area contributed by atoms with Crippen molar-refractivity contribution in [1.29, 1.82) is 0 Å². The molecule has 0 aliphatic heterocycles. The first-order valence-electron chi connectivity index (χ1n) is 10.3. The van der Waals surface area contributed by atoms with Gasteiger partial charge in [-0.05, 0) is 74.9 Å². The van der Waals surface area contributed by atoms with Crippen LogP contribution in [0.2, 0.25) is 0 Å². The van der Waals surface area contributed by atoms with Gasteiger partial charge >= 0.3 is 5.97 Å². The summed E-state index contributed by atoms with van der Waals surface area (Å²) in [7, 11) is -3.73. The molecule has 1 aromatic heterocycles. The molecule has 2 aromatic carbocycles. The molecule has 0 aliphatic carbocycles. The number of aliphatic imine (C=N–C) groups is 1. The van der Waals surface area contributed by atoms with E-state index >= 15 is 0 Å². The van der Waals surface area contributed by atoms with Crippen molar-refractivity contribution in [2.75, 3.05) is 6.61 Å². The molecule has 1 heterocycles. The second-order valence-electron chi connectivity index (χ2n) is 7.50. The number of nitrogens with zero attached hydrogens (tertiary/aromatic N) is 2. The van der Waals surface area contributed by atoms with Gasteiger partial charge in [-0.3, -0.25) is 4.99 Å². The van der Waals surface area contributed by atoms with E-state index < -0.39 is 10.0 Å². The molecule has 8 heteroatoms. The van der Waals surface area contributed by atoms with Crippen LogP contribution in [0.5, 0.6) is 0 Å². The Kier molecular flexibility index (Phi) is 7.27. The van der Waals surface area contributed by atoms with Crippen molar-refractivity contribution < 1.29 is 17.9 Å². The maximum Gasteiger partial charge on any atom is 0.338 e. The number of sulfonamides is 1. The molecule has 168 valence electrons. The number of nitrogens with two attached hydrogens (primary N) is 1.